The summed E-state index contributed by atoms with van der Waals surface area (Å²) < 4.78 is 43.8. The zero-order valence-electron chi connectivity index (χ0n) is 15.2. The van der Waals surface area contributed by atoms with Gasteiger partial charge in [-0.3, -0.25) is 4.57 Å². The summed E-state index contributed by atoms with van der Waals surface area (Å²) in [6.07, 6.45) is 0.642. The number of rotatable bonds is 5. The normalized spacial score (nSPS) is 18.7. The number of ether oxygens (including phenoxy) is 3. The molecule has 1 aromatic carbocycles. The highest BCUT2D eigenvalue weighted by Gasteiger charge is 2.32. The molecule has 1 saturated heterocycles. The van der Waals surface area contributed by atoms with Gasteiger partial charge in [-0.2, -0.15) is 4.31 Å². The molecule has 2 aromatic rings. The molecule has 0 spiro atoms. The topological polar surface area (TPSA) is 95.8 Å². The zero-order chi connectivity index (χ0) is 18.9. The van der Waals surface area contributed by atoms with Crippen LogP contribution in [-0.2, 0) is 14.8 Å². The minimum absolute atomic E-state index is 0.175. The minimum Gasteiger partial charge on any atom is -0.494 e. The molecule has 1 aliphatic heterocycles. The van der Waals surface area contributed by atoms with E-state index in [0.29, 0.717) is 35.4 Å². The van der Waals surface area contributed by atoms with Gasteiger partial charge < -0.3 is 14.2 Å². The Morgan fingerprint density at radius 1 is 1.19 bits per heavy atom. The van der Waals surface area contributed by atoms with E-state index in [1.165, 1.54) is 10.6 Å². The second-order valence-corrected chi connectivity index (χ2v) is 7.91. The van der Waals surface area contributed by atoms with E-state index in [4.69, 9.17) is 14.2 Å². The number of nitrogens with zero attached hydrogens (tertiary/aromatic N) is 4. The van der Waals surface area contributed by atoms with Crippen LogP contribution < -0.4 is 9.47 Å². The second kappa shape index (κ2) is 7.22. The van der Waals surface area contributed by atoms with Crippen LogP contribution in [0.4, 0.5) is 0 Å². The van der Waals surface area contributed by atoms with E-state index in [0.717, 1.165) is 0 Å². The van der Waals surface area contributed by atoms with Crippen molar-refractivity contribution in [1.29, 1.82) is 0 Å². The number of sulfonamides is 1. The Morgan fingerprint density at radius 3 is 2.42 bits per heavy atom. The lowest BCUT2D eigenvalue weighted by Crippen LogP contribution is -2.42. The van der Waals surface area contributed by atoms with Gasteiger partial charge >= 0.3 is 0 Å². The minimum atomic E-state index is -3.32. The van der Waals surface area contributed by atoms with E-state index in [-0.39, 0.29) is 13.2 Å². The average molecular weight is 382 g/mol. The molecule has 10 heteroatoms. The van der Waals surface area contributed by atoms with E-state index in [9.17, 15) is 8.42 Å². The number of morpholine rings is 1. The molecular weight excluding hydrogens is 360 g/mol. The Hall–Kier alpha value is -2.17. The summed E-state index contributed by atoms with van der Waals surface area (Å²) in [5.74, 6) is 2.29. The summed E-state index contributed by atoms with van der Waals surface area (Å²) >= 11 is 0. The quantitative estimate of drug-likeness (QED) is 0.759. The molecule has 0 saturated carbocycles. The standard InChI is InChI=1S/C16H22N4O5S/c1-11-17-18-16(14-10-19(8-9-25-14)26(4,21)22)20(11)15-12(23-2)6-5-7-13(15)24-3/h5-7,14H,8-10H2,1-4H3/t14-/m1/s1. The van der Waals surface area contributed by atoms with Crippen LogP contribution in [0.25, 0.3) is 5.69 Å². The largest absolute Gasteiger partial charge is 0.494 e. The van der Waals surface area contributed by atoms with Gasteiger partial charge in [0, 0.05) is 13.1 Å². The molecule has 0 N–H and O–H groups in total. The Morgan fingerprint density at radius 2 is 1.85 bits per heavy atom. The summed E-state index contributed by atoms with van der Waals surface area (Å²) in [6.45, 7) is 2.58. The van der Waals surface area contributed by atoms with Crippen LogP contribution >= 0.6 is 0 Å². The maximum absolute atomic E-state index is 11.9. The van der Waals surface area contributed by atoms with Gasteiger partial charge in [0.05, 0.1) is 27.1 Å². The monoisotopic (exact) mass is 382 g/mol. The van der Waals surface area contributed by atoms with Gasteiger partial charge in [0.2, 0.25) is 10.0 Å². The van der Waals surface area contributed by atoms with Crippen LogP contribution in [0.2, 0.25) is 0 Å². The molecule has 1 atom stereocenters. The highest BCUT2D eigenvalue weighted by Crippen LogP contribution is 2.36. The molecule has 1 fully saturated rings. The number of aryl methyl sites for hydroxylation is 1. The second-order valence-electron chi connectivity index (χ2n) is 5.93. The molecule has 9 nitrogen and oxygen atoms in total. The number of methoxy groups -OCH3 is 2. The van der Waals surface area contributed by atoms with Crippen LogP contribution in [0.3, 0.4) is 0 Å². The Labute approximate surface area is 152 Å². The van der Waals surface area contributed by atoms with Gasteiger partial charge in [0.1, 0.15) is 29.1 Å². The molecule has 142 valence electrons. The SMILES string of the molecule is COc1cccc(OC)c1-n1c(C)nnc1[C@H]1CN(S(C)(=O)=O)CCO1. The highest BCUT2D eigenvalue weighted by molar-refractivity contribution is 7.88. The van der Waals surface area contributed by atoms with E-state index in [1.54, 1.807) is 25.7 Å². The lowest BCUT2D eigenvalue weighted by molar-refractivity contribution is -0.00836. The first-order valence-corrected chi connectivity index (χ1v) is 9.91. The summed E-state index contributed by atoms with van der Waals surface area (Å²) in [5.41, 5.74) is 0.648. The van der Waals surface area contributed by atoms with Crippen LogP contribution in [0.1, 0.15) is 17.8 Å². The number of hydrogen-bond acceptors (Lipinski definition) is 7. The van der Waals surface area contributed by atoms with Crippen molar-refractivity contribution in [3.63, 3.8) is 0 Å². The lowest BCUT2D eigenvalue weighted by Gasteiger charge is -2.31. The predicted octanol–water partition coefficient (Wildman–Crippen LogP) is 0.926. The van der Waals surface area contributed by atoms with Gasteiger partial charge in [-0.15, -0.1) is 10.2 Å². The molecule has 2 heterocycles. The molecule has 0 radical (unpaired) electrons. The molecule has 0 bridgehead atoms. The molecule has 0 amide bonds. The van der Waals surface area contributed by atoms with Crippen LogP contribution in [0.15, 0.2) is 18.2 Å². The fourth-order valence-corrected chi connectivity index (χ4v) is 3.81. The van der Waals surface area contributed by atoms with Gasteiger partial charge in [0.15, 0.2) is 5.82 Å². The predicted molar refractivity (Wildman–Crippen MR) is 94.3 cm³/mol. The van der Waals surface area contributed by atoms with Gasteiger partial charge in [-0.05, 0) is 19.1 Å². The van der Waals surface area contributed by atoms with Crippen LogP contribution in [0.5, 0.6) is 11.5 Å². The third-order valence-corrected chi connectivity index (χ3v) is 5.53. The first-order chi connectivity index (χ1) is 12.4. The fourth-order valence-electron chi connectivity index (χ4n) is 3.00. The molecule has 26 heavy (non-hydrogen) atoms. The summed E-state index contributed by atoms with van der Waals surface area (Å²) in [5, 5.41) is 8.40. The molecular formula is C16H22N4O5S. The Kier molecular flexibility index (Phi) is 5.17. The van der Waals surface area contributed by atoms with Crippen molar-refractivity contribution in [3.05, 3.63) is 29.8 Å². The van der Waals surface area contributed by atoms with Crippen LogP contribution in [-0.4, -0.2) is 67.7 Å². The highest BCUT2D eigenvalue weighted by atomic mass is 32.2. The molecule has 3 rings (SSSR count). The van der Waals surface area contributed by atoms with Crippen molar-refractivity contribution < 1.29 is 22.6 Å². The molecule has 0 aliphatic carbocycles. The van der Waals surface area contributed by atoms with Gasteiger partial charge in [-0.25, -0.2) is 8.42 Å². The molecule has 1 aromatic heterocycles. The third-order valence-electron chi connectivity index (χ3n) is 4.26. The van der Waals surface area contributed by atoms with E-state index < -0.39 is 16.1 Å². The maximum Gasteiger partial charge on any atom is 0.211 e. The van der Waals surface area contributed by atoms with Gasteiger partial charge in [-0.1, -0.05) is 6.07 Å². The van der Waals surface area contributed by atoms with Crippen molar-refractivity contribution in [1.82, 2.24) is 19.1 Å². The average Bonchev–Trinajstić information content (AvgIpc) is 3.01. The smallest absolute Gasteiger partial charge is 0.211 e. The Balaban J connectivity index is 2.09. The third kappa shape index (κ3) is 3.39. The van der Waals surface area contributed by atoms with Crippen molar-refractivity contribution in [2.45, 2.75) is 13.0 Å². The van der Waals surface area contributed by atoms with Crippen molar-refractivity contribution >= 4 is 10.0 Å². The summed E-state index contributed by atoms with van der Waals surface area (Å²) in [4.78, 5) is 0. The molecule has 1 aliphatic rings. The van der Waals surface area contributed by atoms with Crippen molar-refractivity contribution in [3.8, 4) is 17.2 Å². The first-order valence-electron chi connectivity index (χ1n) is 8.06. The fraction of sp³-hybridized carbons (Fsp3) is 0.500. The van der Waals surface area contributed by atoms with Crippen LogP contribution in [0, 0.1) is 6.92 Å². The van der Waals surface area contributed by atoms with E-state index >= 15 is 0 Å². The van der Waals surface area contributed by atoms with E-state index in [1.807, 2.05) is 18.2 Å². The summed E-state index contributed by atoms with van der Waals surface area (Å²) in [6, 6.07) is 5.44. The van der Waals surface area contributed by atoms with E-state index in [2.05, 4.69) is 10.2 Å². The number of aromatic nitrogens is 3. The number of benzene rings is 1. The number of para-hydroxylation sites is 1. The van der Waals surface area contributed by atoms with Gasteiger partial charge in [0.25, 0.3) is 0 Å². The summed E-state index contributed by atoms with van der Waals surface area (Å²) in [7, 11) is -0.177. The first kappa shape index (κ1) is 18.6. The number of hydrogen-bond donors (Lipinski definition) is 0. The molecule has 0 unspecified atom stereocenters. The zero-order valence-corrected chi connectivity index (χ0v) is 16.0. The maximum atomic E-state index is 11.9. The van der Waals surface area contributed by atoms with Crippen molar-refractivity contribution in [2.24, 2.45) is 0 Å². The Bertz CT molecular complexity index is 874. The lowest BCUT2D eigenvalue weighted by atomic mass is 10.2. The van der Waals surface area contributed by atoms with Crippen molar-refractivity contribution in [2.75, 3.05) is 40.2 Å².